The molecule has 1 aromatic carbocycles. The zero-order valence-electron chi connectivity index (χ0n) is 15.5. The van der Waals surface area contributed by atoms with Crippen LogP contribution in [0.25, 0.3) is 0 Å². The molecular weight excluding hydrogens is 332 g/mol. The molecule has 2 aliphatic rings. The van der Waals surface area contributed by atoms with Gasteiger partial charge in [-0.2, -0.15) is 0 Å². The van der Waals surface area contributed by atoms with E-state index in [1.54, 1.807) is 4.90 Å². The van der Waals surface area contributed by atoms with Crippen molar-refractivity contribution in [1.29, 1.82) is 0 Å². The van der Waals surface area contributed by atoms with Gasteiger partial charge < -0.3 is 19.3 Å². The van der Waals surface area contributed by atoms with E-state index >= 15 is 0 Å². The summed E-state index contributed by atoms with van der Waals surface area (Å²) in [5, 5.41) is 0. The lowest BCUT2D eigenvalue weighted by molar-refractivity contribution is -0.135. The number of nitrogens with zero attached hydrogens (tertiary/aromatic N) is 2. The van der Waals surface area contributed by atoms with Crippen LogP contribution in [0.2, 0.25) is 0 Å². The van der Waals surface area contributed by atoms with Crippen molar-refractivity contribution in [3.8, 4) is 0 Å². The summed E-state index contributed by atoms with van der Waals surface area (Å²) in [6.45, 7) is 5.61. The summed E-state index contributed by atoms with van der Waals surface area (Å²) in [6, 6.07) is 10.2. The van der Waals surface area contributed by atoms with Crippen LogP contribution in [0.4, 0.5) is 4.79 Å². The molecule has 0 atom stereocenters. The van der Waals surface area contributed by atoms with E-state index in [2.05, 4.69) is 12.1 Å². The molecule has 0 aliphatic carbocycles. The topological polar surface area (TPSA) is 59.1 Å². The molecule has 0 radical (unpaired) electrons. The zero-order valence-corrected chi connectivity index (χ0v) is 15.5. The summed E-state index contributed by atoms with van der Waals surface area (Å²) in [5.41, 5.74) is 0.792. The maximum atomic E-state index is 12.3. The molecule has 3 rings (SSSR count). The predicted octanol–water partition coefficient (Wildman–Crippen LogP) is 2.47. The van der Waals surface area contributed by atoms with E-state index in [4.69, 9.17) is 9.47 Å². The van der Waals surface area contributed by atoms with Gasteiger partial charge in [0.05, 0.1) is 19.6 Å². The average molecular weight is 360 g/mol. The van der Waals surface area contributed by atoms with Crippen LogP contribution in [0.5, 0.6) is 0 Å². The van der Waals surface area contributed by atoms with Crippen molar-refractivity contribution in [2.75, 3.05) is 39.4 Å². The van der Waals surface area contributed by atoms with Crippen molar-refractivity contribution in [2.24, 2.45) is 0 Å². The Morgan fingerprint density at radius 3 is 2.65 bits per heavy atom. The fourth-order valence-corrected chi connectivity index (χ4v) is 3.66. The summed E-state index contributed by atoms with van der Waals surface area (Å²) >= 11 is 0. The number of hydrogen-bond acceptors (Lipinski definition) is 4. The molecule has 0 aromatic heterocycles. The average Bonchev–Trinajstić information content (AvgIpc) is 2.96. The van der Waals surface area contributed by atoms with Crippen molar-refractivity contribution >= 4 is 12.0 Å². The Morgan fingerprint density at radius 1 is 1.23 bits per heavy atom. The number of likely N-dealkylation sites (tertiary alicyclic amines) is 1. The number of carbonyl (C=O) groups excluding carboxylic acids is 2. The minimum Gasteiger partial charge on any atom is -0.441 e. The van der Waals surface area contributed by atoms with Crippen molar-refractivity contribution < 1.29 is 19.1 Å². The standard InChI is InChI=1S/C20H28N2O4/c1-2-25-15-9-18(23)21-13-10-20(11-14-21)16-22(19(24)26-20)12-8-17-6-4-3-5-7-17/h3-7H,2,8-16H2,1H3. The summed E-state index contributed by atoms with van der Waals surface area (Å²) < 4.78 is 11.0. The Hall–Kier alpha value is -2.08. The van der Waals surface area contributed by atoms with Crippen LogP contribution in [0, 0.1) is 0 Å². The Morgan fingerprint density at radius 2 is 1.96 bits per heavy atom. The number of amides is 2. The molecule has 2 saturated heterocycles. The summed E-state index contributed by atoms with van der Waals surface area (Å²) in [6.07, 6.45) is 2.44. The van der Waals surface area contributed by atoms with E-state index in [0.717, 1.165) is 6.42 Å². The lowest BCUT2D eigenvalue weighted by Crippen LogP contribution is -2.49. The fourth-order valence-electron chi connectivity index (χ4n) is 3.66. The molecule has 1 aromatic rings. The van der Waals surface area contributed by atoms with Crippen LogP contribution < -0.4 is 0 Å². The minimum absolute atomic E-state index is 0.124. The van der Waals surface area contributed by atoms with Gasteiger partial charge in [-0.1, -0.05) is 30.3 Å². The SMILES string of the molecule is CCOCCC(=O)N1CCC2(CC1)CN(CCc1ccccc1)C(=O)O2. The molecule has 0 bridgehead atoms. The molecule has 2 aliphatic heterocycles. The third-order valence-corrected chi connectivity index (χ3v) is 5.25. The van der Waals surface area contributed by atoms with E-state index in [9.17, 15) is 9.59 Å². The van der Waals surface area contributed by atoms with Crippen molar-refractivity contribution in [3.63, 3.8) is 0 Å². The third-order valence-electron chi connectivity index (χ3n) is 5.25. The molecule has 1 spiro atoms. The second-order valence-electron chi connectivity index (χ2n) is 7.04. The quantitative estimate of drug-likeness (QED) is 0.701. The lowest BCUT2D eigenvalue weighted by Gasteiger charge is -2.37. The third kappa shape index (κ3) is 4.55. The van der Waals surface area contributed by atoms with E-state index < -0.39 is 5.60 Å². The molecule has 0 unspecified atom stereocenters. The van der Waals surface area contributed by atoms with Gasteiger partial charge in [0.25, 0.3) is 0 Å². The smallest absolute Gasteiger partial charge is 0.410 e. The second-order valence-corrected chi connectivity index (χ2v) is 7.04. The van der Waals surface area contributed by atoms with Crippen molar-refractivity contribution in [2.45, 2.75) is 38.2 Å². The molecule has 26 heavy (non-hydrogen) atoms. The van der Waals surface area contributed by atoms with Crippen molar-refractivity contribution in [1.82, 2.24) is 9.80 Å². The van der Waals surface area contributed by atoms with Crippen LogP contribution in [-0.2, 0) is 20.7 Å². The van der Waals surface area contributed by atoms with E-state index in [1.165, 1.54) is 5.56 Å². The van der Waals surface area contributed by atoms with Gasteiger partial charge in [0.15, 0.2) is 0 Å². The summed E-state index contributed by atoms with van der Waals surface area (Å²) in [5.74, 6) is 0.124. The molecule has 6 heteroatoms. The van der Waals surface area contributed by atoms with Crippen LogP contribution >= 0.6 is 0 Å². The zero-order chi connectivity index (χ0) is 18.4. The lowest BCUT2D eigenvalue weighted by atomic mass is 9.91. The number of carbonyl (C=O) groups is 2. The highest BCUT2D eigenvalue weighted by molar-refractivity contribution is 5.76. The molecule has 142 valence electrons. The number of piperidine rings is 1. The molecule has 0 saturated carbocycles. The number of ether oxygens (including phenoxy) is 2. The molecule has 6 nitrogen and oxygen atoms in total. The predicted molar refractivity (Wildman–Crippen MR) is 97.9 cm³/mol. The molecule has 2 heterocycles. The van der Waals surface area contributed by atoms with Gasteiger partial charge in [0, 0.05) is 39.1 Å². The van der Waals surface area contributed by atoms with Crippen molar-refractivity contribution in [3.05, 3.63) is 35.9 Å². The Labute approximate surface area is 155 Å². The summed E-state index contributed by atoms with van der Waals surface area (Å²) in [4.78, 5) is 28.1. The minimum atomic E-state index is -0.426. The second kappa shape index (κ2) is 8.54. The van der Waals surface area contributed by atoms with E-state index in [-0.39, 0.29) is 12.0 Å². The number of hydrogen-bond donors (Lipinski definition) is 0. The molecular formula is C20H28N2O4. The first kappa shape index (κ1) is 18.7. The van der Waals surface area contributed by atoms with Gasteiger partial charge in [0.1, 0.15) is 5.60 Å². The fraction of sp³-hybridized carbons (Fsp3) is 0.600. The normalized spacial score (nSPS) is 19.0. The highest BCUT2D eigenvalue weighted by atomic mass is 16.6. The first-order chi connectivity index (χ1) is 12.6. The maximum Gasteiger partial charge on any atom is 0.410 e. The van der Waals surface area contributed by atoms with Gasteiger partial charge in [0.2, 0.25) is 5.91 Å². The van der Waals surface area contributed by atoms with Crippen LogP contribution in [0.15, 0.2) is 30.3 Å². The molecule has 2 fully saturated rings. The maximum absolute atomic E-state index is 12.3. The highest BCUT2D eigenvalue weighted by Crippen LogP contribution is 2.33. The molecule has 2 amide bonds. The van der Waals surface area contributed by atoms with Crippen LogP contribution in [0.3, 0.4) is 0 Å². The first-order valence-corrected chi connectivity index (χ1v) is 9.49. The Balaban J connectivity index is 1.47. The first-order valence-electron chi connectivity index (χ1n) is 9.49. The van der Waals surface area contributed by atoms with Crippen LogP contribution in [-0.4, -0.2) is 66.8 Å². The van der Waals surface area contributed by atoms with Crippen LogP contribution in [0.1, 0.15) is 31.7 Å². The van der Waals surface area contributed by atoms with Gasteiger partial charge >= 0.3 is 6.09 Å². The largest absolute Gasteiger partial charge is 0.441 e. The Bertz CT molecular complexity index is 611. The molecule has 0 N–H and O–H groups in total. The summed E-state index contributed by atoms with van der Waals surface area (Å²) in [7, 11) is 0. The highest BCUT2D eigenvalue weighted by Gasteiger charge is 2.47. The number of rotatable bonds is 7. The van der Waals surface area contributed by atoms with E-state index in [1.807, 2.05) is 30.0 Å². The Kier molecular flexibility index (Phi) is 6.14. The van der Waals surface area contributed by atoms with Gasteiger partial charge in [-0.05, 0) is 18.9 Å². The van der Waals surface area contributed by atoms with Gasteiger partial charge in [-0.25, -0.2) is 4.79 Å². The van der Waals surface area contributed by atoms with Gasteiger partial charge in [-0.3, -0.25) is 4.79 Å². The van der Waals surface area contributed by atoms with E-state index in [0.29, 0.717) is 58.7 Å². The van der Waals surface area contributed by atoms with Gasteiger partial charge in [-0.15, -0.1) is 0 Å². The monoisotopic (exact) mass is 360 g/mol. The number of benzene rings is 1.